The molecule has 0 radical (unpaired) electrons. The summed E-state index contributed by atoms with van der Waals surface area (Å²) >= 11 is 1.14. The molecule has 2 heterocycles. The maximum absolute atomic E-state index is 13.0. The number of nitro benzene ring substituents is 1. The summed E-state index contributed by atoms with van der Waals surface area (Å²) in [6, 6.07) is 7.87. The van der Waals surface area contributed by atoms with Crippen LogP contribution in [0.2, 0.25) is 0 Å². The molecular weight excluding hydrogens is 400 g/mol. The molecule has 1 aromatic carbocycles. The van der Waals surface area contributed by atoms with E-state index >= 15 is 0 Å². The van der Waals surface area contributed by atoms with Gasteiger partial charge < -0.3 is 19.8 Å². The molecule has 0 spiro atoms. The second kappa shape index (κ2) is 8.95. The third-order valence-electron chi connectivity index (χ3n) is 4.43. The fraction of sp³-hybridized carbons (Fsp3) is 0.263. The van der Waals surface area contributed by atoms with Crippen LogP contribution >= 0.6 is 11.3 Å². The number of para-hydroxylation sites is 1. The molecule has 0 aliphatic carbocycles. The number of aliphatic hydroxyl groups excluding tert-OH is 2. The fourth-order valence-corrected chi connectivity index (χ4v) is 3.87. The quantitative estimate of drug-likeness (QED) is 0.276. The highest BCUT2D eigenvalue weighted by Gasteiger charge is 2.45. The second-order valence-corrected chi connectivity index (χ2v) is 7.07. The molecule has 152 valence electrons. The summed E-state index contributed by atoms with van der Waals surface area (Å²) in [6.07, 6.45) is 0. The van der Waals surface area contributed by atoms with Crippen molar-refractivity contribution < 1.29 is 29.5 Å². The lowest BCUT2D eigenvalue weighted by molar-refractivity contribution is -0.385. The molecule has 9 nitrogen and oxygen atoms in total. The van der Waals surface area contributed by atoms with Gasteiger partial charge in [-0.25, -0.2) is 0 Å². The lowest BCUT2D eigenvalue weighted by Gasteiger charge is -2.26. The van der Waals surface area contributed by atoms with E-state index in [9.17, 15) is 24.8 Å². The van der Waals surface area contributed by atoms with Crippen molar-refractivity contribution >= 4 is 28.7 Å². The number of amides is 1. The van der Waals surface area contributed by atoms with Gasteiger partial charge >= 0.3 is 0 Å². The Kier molecular flexibility index (Phi) is 6.37. The van der Waals surface area contributed by atoms with E-state index in [2.05, 4.69) is 0 Å². The number of carbonyl (C=O) groups is 2. The summed E-state index contributed by atoms with van der Waals surface area (Å²) in [4.78, 5) is 38.2. The van der Waals surface area contributed by atoms with Crippen LogP contribution in [0.25, 0.3) is 0 Å². The highest BCUT2D eigenvalue weighted by Crippen LogP contribution is 2.42. The van der Waals surface area contributed by atoms with Crippen LogP contribution in [0, 0.1) is 10.1 Å². The SMILES string of the molecule is O=C(C1=C(O)C(=O)N(CCOCCO)C1c1ccccc1[N+](=O)[O-])c1cccs1. The van der Waals surface area contributed by atoms with Crippen molar-refractivity contribution in [3.63, 3.8) is 0 Å². The number of ketones is 1. The number of ether oxygens (including phenoxy) is 1. The average molecular weight is 418 g/mol. The Morgan fingerprint density at radius 3 is 2.66 bits per heavy atom. The number of hydrogen-bond acceptors (Lipinski definition) is 8. The molecule has 0 fully saturated rings. The topological polar surface area (TPSA) is 130 Å². The van der Waals surface area contributed by atoms with Crippen LogP contribution in [0.3, 0.4) is 0 Å². The number of Topliss-reactive ketones (excluding diaryl/α,β-unsaturated/α-hetero) is 1. The maximum atomic E-state index is 13.0. The zero-order valence-electron chi connectivity index (χ0n) is 15.2. The lowest BCUT2D eigenvalue weighted by Crippen LogP contribution is -2.34. The van der Waals surface area contributed by atoms with Gasteiger partial charge in [0, 0.05) is 12.6 Å². The first-order chi connectivity index (χ1) is 14.0. The van der Waals surface area contributed by atoms with Gasteiger partial charge in [-0.05, 0) is 17.5 Å². The molecule has 1 atom stereocenters. The molecule has 2 aromatic rings. The van der Waals surface area contributed by atoms with Crippen molar-refractivity contribution in [2.45, 2.75) is 6.04 Å². The third-order valence-corrected chi connectivity index (χ3v) is 5.30. The summed E-state index contributed by atoms with van der Waals surface area (Å²) in [5, 5.41) is 32.5. The van der Waals surface area contributed by atoms with Gasteiger partial charge in [0.15, 0.2) is 5.76 Å². The Hall–Kier alpha value is -3.08. The van der Waals surface area contributed by atoms with E-state index < -0.39 is 28.4 Å². The van der Waals surface area contributed by atoms with E-state index in [0.717, 1.165) is 11.3 Å². The standard InChI is InChI=1S/C19H18N2O7S/c22-8-10-28-9-7-20-16(12-4-1-2-5-13(12)21(26)27)15(18(24)19(20)25)17(23)14-6-3-11-29-14/h1-6,11,16,22,24H,7-10H2. The molecule has 3 rings (SSSR count). The van der Waals surface area contributed by atoms with Crippen LogP contribution in [0.4, 0.5) is 5.69 Å². The van der Waals surface area contributed by atoms with Crippen LogP contribution in [-0.2, 0) is 9.53 Å². The molecule has 0 bridgehead atoms. The van der Waals surface area contributed by atoms with Crippen molar-refractivity contribution in [3.05, 3.63) is 73.7 Å². The monoisotopic (exact) mass is 418 g/mol. The number of hydrogen-bond donors (Lipinski definition) is 2. The van der Waals surface area contributed by atoms with Gasteiger partial charge in [-0.1, -0.05) is 18.2 Å². The molecule has 1 aliphatic heterocycles. The molecule has 1 aromatic heterocycles. The smallest absolute Gasteiger partial charge is 0.290 e. The van der Waals surface area contributed by atoms with Crippen molar-refractivity contribution in [2.75, 3.05) is 26.4 Å². The zero-order valence-corrected chi connectivity index (χ0v) is 16.0. The van der Waals surface area contributed by atoms with Gasteiger partial charge in [0.05, 0.1) is 46.8 Å². The first-order valence-corrected chi connectivity index (χ1v) is 9.59. The van der Waals surface area contributed by atoms with Crippen molar-refractivity contribution in [3.8, 4) is 0 Å². The van der Waals surface area contributed by atoms with Crippen molar-refractivity contribution in [2.24, 2.45) is 0 Å². The normalized spacial score (nSPS) is 16.5. The van der Waals surface area contributed by atoms with Gasteiger partial charge in [-0.3, -0.25) is 19.7 Å². The number of carbonyl (C=O) groups excluding carboxylic acids is 2. The maximum Gasteiger partial charge on any atom is 0.290 e. The first kappa shape index (κ1) is 20.6. The minimum Gasteiger partial charge on any atom is -0.503 e. The van der Waals surface area contributed by atoms with E-state index in [-0.39, 0.29) is 43.2 Å². The van der Waals surface area contributed by atoms with Gasteiger partial charge in [0.1, 0.15) is 0 Å². The fourth-order valence-electron chi connectivity index (χ4n) is 3.19. The first-order valence-electron chi connectivity index (χ1n) is 8.71. The molecule has 1 unspecified atom stereocenters. The molecule has 29 heavy (non-hydrogen) atoms. The molecule has 1 aliphatic rings. The van der Waals surface area contributed by atoms with Crippen LogP contribution in [0.5, 0.6) is 0 Å². The number of nitro groups is 1. The van der Waals surface area contributed by atoms with Crippen LogP contribution in [-0.4, -0.2) is 58.1 Å². The number of thiophene rings is 1. The Bertz CT molecular complexity index is 955. The summed E-state index contributed by atoms with van der Waals surface area (Å²) in [5.74, 6) is -2.10. The number of rotatable bonds is 9. The highest BCUT2D eigenvalue weighted by atomic mass is 32.1. The van der Waals surface area contributed by atoms with Crippen molar-refractivity contribution in [1.82, 2.24) is 4.90 Å². The second-order valence-electron chi connectivity index (χ2n) is 6.12. The zero-order chi connectivity index (χ0) is 21.0. The van der Waals surface area contributed by atoms with Crippen molar-refractivity contribution in [1.29, 1.82) is 0 Å². The number of aliphatic hydroxyl groups is 2. The number of nitrogens with zero attached hydrogens (tertiary/aromatic N) is 2. The summed E-state index contributed by atoms with van der Waals surface area (Å²) in [7, 11) is 0. The van der Waals surface area contributed by atoms with Crippen LogP contribution < -0.4 is 0 Å². The Balaban J connectivity index is 2.07. The molecule has 0 saturated heterocycles. The molecule has 10 heteroatoms. The predicted octanol–water partition coefficient (Wildman–Crippen LogP) is 2.24. The van der Waals surface area contributed by atoms with Gasteiger partial charge in [-0.2, -0.15) is 0 Å². The van der Waals surface area contributed by atoms with Crippen LogP contribution in [0.1, 0.15) is 21.3 Å². The Morgan fingerprint density at radius 2 is 2.00 bits per heavy atom. The predicted molar refractivity (Wildman–Crippen MR) is 104 cm³/mol. The van der Waals surface area contributed by atoms with Crippen LogP contribution in [0.15, 0.2) is 53.1 Å². The summed E-state index contributed by atoms with van der Waals surface area (Å²) in [5.41, 5.74) is -0.344. The average Bonchev–Trinajstić information content (AvgIpc) is 3.33. The summed E-state index contributed by atoms with van der Waals surface area (Å²) < 4.78 is 5.20. The summed E-state index contributed by atoms with van der Waals surface area (Å²) in [6.45, 7) is -0.149. The Morgan fingerprint density at radius 1 is 1.24 bits per heavy atom. The van der Waals surface area contributed by atoms with Gasteiger partial charge in [0.2, 0.25) is 5.78 Å². The molecule has 0 saturated carbocycles. The van der Waals surface area contributed by atoms with E-state index in [4.69, 9.17) is 9.84 Å². The highest BCUT2D eigenvalue weighted by molar-refractivity contribution is 7.12. The Labute approximate surface area is 169 Å². The molecular formula is C19H18N2O7S. The van der Waals surface area contributed by atoms with E-state index in [1.54, 1.807) is 23.6 Å². The van der Waals surface area contributed by atoms with Gasteiger partial charge in [0.25, 0.3) is 11.6 Å². The molecule has 2 N–H and O–H groups in total. The van der Waals surface area contributed by atoms with E-state index in [0.29, 0.717) is 4.88 Å². The number of benzene rings is 1. The minimum atomic E-state index is -1.13. The largest absolute Gasteiger partial charge is 0.503 e. The van der Waals surface area contributed by atoms with E-state index in [1.807, 2.05) is 0 Å². The molecule has 1 amide bonds. The lowest BCUT2D eigenvalue weighted by atomic mass is 9.94. The van der Waals surface area contributed by atoms with E-state index in [1.165, 1.54) is 23.1 Å². The third kappa shape index (κ3) is 4.04. The van der Waals surface area contributed by atoms with Gasteiger partial charge in [-0.15, -0.1) is 11.3 Å². The minimum absolute atomic E-state index is 0.0250.